The first-order chi connectivity index (χ1) is 14.4. The molecule has 30 heavy (non-hydrogen) atoms. The standard InChI is InChI=1S/C25H26N2O3/c1-4-27-21-13-12-19(15-22(21)30-16-25(2,3)24(27)29)26-23(28)14-18-10-7-9-17-8-5-6-11-20(17)18/h5-13,15H,4,14,16H2,1-3H3,(H,26,28). The maximum absolute atomic E-state index is 12.8. The largest absolute Gasteiger partial charge is 0.490 e. The molecule has 0 aromatic heterocycles. The second-order valence-electron chi connectivity index (χ2n) is 8.27. The lowest BCUT2D eigenvalue weighted by molar-refractivity contribution is -0.127. The normalized spacial score (nSPS) is 15.3. The third-order valence-corrected chi connectivity index (χ3v) is 5.49. The van der Waals surface area contributed by atoms with E-state index in [1.807, 2.05) is 75.4 Å². The van der Waals surface area contributed by atoms with Crippen molar-refractivity contribution in [2.75, 3.05) is 23.4 Å². The van der Waals surface area contributed by atoms with Gasteiger partial charge in [-0.2, -0.15) is 0 Å². The molecule has 0 saturated carbocycles. The van der Waals surface area contributed by atoms with Gasteiger partial charge >= 0.3 is 0 Å². The molecule has 5 heteroatoms. The lowest BCUT2D eigenvalue weighted by Gasteiger charge is -2.26. The molecule has 0 atom stereocenters. The minimum absolute atomic E-state index is 0.0384. The number of nitrogens with one attached hydrogen (secondary N) is 1. The summed E-state index contributed by atoms with van der Waals surface area (Å²) in [6, 6.07) is 19.5. The maximum Gasteiger partial charge on any atom is 0.236 e. The van der Waals surface area contributed by atoms with E-state index in [-0.39, 0.29) is 18.2 Å². The molecular weight excluding hydrogens is 376 g/mol. The minimum atomic E-state index is -0.604. The molecule has 1 heterocycles. The van der Waals surface area contributed by atoms with Crippen LogP contribution in [-0.4, -0.2) is 25.0 Å². The maximum atomic E-state index is 12.8. The van der Waals surface area contributed by atoms with Crippen molar-refractivity contribution in [2.45, 2.75) is 27.2 Å². The zero-order valence-corrected chi connectivity index (χ0v) is 17.6. The molecule has 0 fully saturated rings. The third-order valence-electron chi connectivity index (χ3n) is 5.49. The van der Waals surface area contributed by atoms with Gasteiger partial charge in [0, 0.05) is 18.3 Å². The van der Waals surface area contributed by atoms with Crippen molar-refractivity contribution in [3.63, 3.8) is 0 Å². The summed E-state index contributed by atoms with van der Waals surface area (Å²) in [5, 5.41) is 5.17. The lowest BCUT2D eigenvalue weighted by Crippen LogP contribution is -2.42. The predicted molar refractivity (Wildman–Crippen MR) is 120 cm³/mol. The van der Waals surface area contributed by atoms with Gasteiger partial charge in [-0.25, -0.2) is 0 Å². The average Bonchev–Trinajstić information content (AvgIpc) is 2.82. The molecule has 1 aliphatic heterocycles. The summed E-state index contributed by atoms with van der Waals surface area (Å²) >= 11 is 0. The highest BCUT2D eigenvalue weighted by molar-refractivity contribution is 6.00. The van der Waals surface area contributed by atoms with Gasteiger partial charge < -0.3 is 15.0 Å². The number of nitrogens with zero attached hydrogens (tertiary/aromatic N) is 1. The first kappa shape index (κ1) is 20.0. The van der Waals surface area contributed by atoms with Gasteiger partial charge in [0.15, 0.2) is 0 Å². The monoisotopic (exact) mass is 402 g/mol. The molecule has 0 saturated heterocycles. The highest BCUT2D eigenvalue weighted by atomic mass is 16.5. The fourth-order valence-corrected chi connectivity index (χ4v) is 3.86. The smallest absolute Gasteiger partial charge is 0.236 e. The summed E-state index contributed by atoms with van der Waals surface area (Å²) in [7, 11) is 0. The Hall–Kier alpha value is -3.34. The van der Waals surface area contributed by atoms with Crippen LogP contribution in [0, 0.1) is 5.41 Å². The van der Waals surface area contributed by atoms with E-state index in [0.29, 0.717) is 24.6 Å². The number of fused-ring (bicyclic) bond motifs is 2. The molecule has 3 aromatic carbocycles. The van der Waals surface area contributed by atoms with E-state index in [4.69, 9.17) is 4.74 Å². The lowest BCUT2D eigenvalue weighted by atomic mass is 9.93. The number of hydrogen-bond donors (Lipinski definition) is 1. The predicted octanol–water partition coefficient (Wildman–Crippen LogP) is 4.79. The average molecular weight is 402 g/mol. The van der Waals surface area contributed by atoms with Crippen LogP contribution in [0.1, 0.15) is 26.3 Å². The Bertz CT molecular complexity index is 1120. The molecule has 0 unspecified atom stereocenters. The molecule has 4 rings (SSSR count). The van der Waals surface area contributed by atoms with E-state index in [1.165, 1.54) is 0 Å². The first-order valence-electron chi connectivity index (χ1n) is 10.2. The number of benzene rings is 3. The van der Waals surface area contributed by atoms with E-state index in [9.17, 15) is 9.59 Å². The molecule has 1 N–H and O–H groups in total. The van der Waals surface area contributed by atoms with Crippen LogP contribution < -0.4 is 15.0 Å². The number of carbonyl (C=O) groups excluding carboxylic acids is 2. The highest BCUT2D eigenvalue weighted by Gasteiger charge is 2.37. The fourth-order valence-electron chi connectivity index (χ4n) is 3.86. The van der Waals surface area contributed by atoms with Crippen LogP contribution in [0.15, 0.2) is 60.7 Å². The number of amides is 2. The molecule has 0 bridgehead atoms. The summed E-state index contributed by atoms with van der Waals surface area (Å²) < 4.78 is 5.95. The Balaban J connectivity index is 1.55. The Labute approximate surface area is 176 Å². The molecule has 3 aromatic rings. The Morgan fingerprint density at radius 2 is 1.87 bits per heavy atom. The van der Waals surface area contributed by atoms with Crippen LogP contribution in [0.25, 0.3) is 10.8 Å². The number of carbonyl (C=O) groups is 2. The van der Waals surface area contributed by atoms with Gasteiger partial charge in [0.05, 0.1) is 17.5 Å². The Morgan fingerprint density at radius 3 is 2.67 bits per heavy atom. The van der Waals surface area contributed by atoms with Gasteiger partial charge in [-0.05, 0) is 49.2 Å². The van der Waals surface area contributed by atoms with Crippen molar-refractivity contribution >= 4 is 34.0 Å². The van der Waals surface area contributed by atoms with Gasteiger partial charge in [-0.15, -0.1) is 0 Å². The Morgan fingerprint density at radius 1 is 1.10 bits per heavy atom. The van der Waals surface area contributed by atoms with E-state index in [1.54, 1.807) is 11.0 Å². The van der Waals surface area contributed by atoms with Crippen LogP contribution in [0.4, 0.5) is 11.4 Å². The second-order valence-corrected chi connectivity index (χ2v) is 8.27. The van der Waals surface area contributed by atoms with Crippen LogP contribution >= 0.6 is 0 Å². The van der Waals surface area contributed by atoms with Gasteiger partial charge in [-0.3, -0.25) is 9.59 Å². The molecule has 0 aliphatic carbocycles. The van der Waals surface area contributed by atoms with E-state index >= 15 is 0 Å². The first-order valence-corrected chi connectivity index (χ1v) is 10.2. The number of rotatable bonds is 4. The number of hydrogen-bond acceptors (Lipinski definition) is 3. The van der Waals surface area contributed by atoms with Crippen molar-refractivity contribution in [2.24, 2.45) is 5.41 Å². The SMILES string of the molecule is CCN1C(=O)C(C)(C)COc2cc(NC(=O)Cc3cccc4ccccc34)ccc21. The zero-order valence-electron chi connectivity index (χ0n) is 17.6. The Kier molecular flexibility index (Phi) is 5.20. The molecule has 1 aliphatic rings. The van der Waals surface area contributed by atoms with Crippen LogP contribution in [-0.2, 0) is 16.0 Å². The van der Waals surface area contributed by atoms with Gasteiger partial charge in [0.2, 0.25) is 11.8 Å². The highest BCUT2D eigenvalue weighted by Crippen LogP contribution is 2.38. The summed E-state index contributed by atoms with van der Waals surface area (Å²) in [4.78, 5) is 27.3. The number of ether oxygens (including phenoxy) is 1. The minimum Gasteiger partial charge on any atom is -0.490 e. The number of anilines is 2. The van der Waals surface area contributed by atoms with Crippen LogP contribution in [0.2, 0.25) is 0 Å². The molecule has 0 radical (unpaired) electrons. The van der Waals surface area contributed by atoms with Crippen molar-refractivity contribution in [1.82, 2.24) is 0 Å². The fraction of sp³-hybridized carbons (Fsp3) is 0.280. The molecule has 154 valence electrons. The molecule has 0 spiro atoms. The molecule has 5 nitrogen and oxygen atoms in total. The van der Waals surface area contributed by atoms with E-state index < -0.39 is 5.41 Å². The summed E-state index contributed by atoms with van der Waals surface area (Å²) in [6.07, 6.45) is 0.284. The van der Waals surface area contributed by atoms with Gasteiger partial charge in [0.25, 0.3) is 0 Å². The van der Waals surface area contributed by atoms with Crippen LogP contribution in [0.5, 0.6) is 5.75 Å². The van der Waals surface area contributed by atoms with Crippen LogP contribution in [0.3, 0.4) is 0 Å². The quantitative estimate of drug-likeness (QED) is 0.682. The molecular formula is C25H26N2O3. The second kappa shape index (κ2) is 7.82. The van der Waals surface area contributed by atoms with Crippen molar-refractivity contribution in [3.8, 4) is 5.75 Å². The summed E-state index contributed by atoms with van der Waals surface area (Å²) in [5.74, 6) is 0.555. The molecule has 2 amide bonds. The zero-order chi connectivity index (χ0) is 21.3. The van der Waals surface area contributed by atoms with E-state index in [2.05, 4.69) is 5.32 Å². The van der Waals surface area contributed by atoms with Gasteiger partial charge in [-0.1, -0.05) is 42.5 Å². The van der Waals surface area contributed by atoms with Crippen molar-refractivity contribution in [3.05, 3.63) is 66.2 Å². The van der Waals surface area contributed by atoms with Crippen molar-refractivity contribution in [1.29, 1.82) is 0 Å². The van der Waals surface area contributed by atoms with Crippen molar-refractivity contribution < 1.29 is 14.3 Å². The summed E-state index contributed by atoms with van der Waals surface area (Å²) in [6.45, 7) is 6.57. The topological polar surface area (TPSA) is 58.6 Å². The third kappa shape index (κ3) is 3.75. The van der Waals surface area contributed by atoms with Gasteiger partial charge in [0.1, 0.15) is 12.4 Å². The van der Waals surface area contributed by atoms with E-state index in [0.717, 1.165) is 22.0 Å². The summed E-state index contributed by atoms with van der Waals surface area (Å²) in [5.41, 5.74) is 1.77.